The molecule has 0 fully saturated rings. The average Bonchev–Trinajstić information content (AvgIpc) is 3.10. The number of hydrogen-bond donors (Lipinski definition) is 2. The smallest absolute Gasteiger partial charge is 0.304 e. The highest BCUT2D eigenvalue weighted by Crippen LogP contribution is 2.26. The Balaban J connectivity index is 1.53. The molecule has 4 rings (SSSR count). The molecular formula is C23H24N4O4. The zero-order valence-electron chi connectivity index (χ0n) is 17.5. The standard InChI is InChI=1S/C23H24N4O4/c1-26-12-17-10-15(8-7-14(17)9-16(23(26)31)11-21(28)29)22(30)27(2)13-20-24-18-5-3-4-6-19(18)25-20/h3-8,10,16H,9,11-13H2,1-2H3,(H,24,25)(H,28,29). The Morgan fingerprint density at radius 1 is 1.23 bits per heavy atom. The van der Waals surface area contributed by atoms with Crippen LogP contribution in [-0.2, 0) is 29.1 Å². The van der Waals surface area contributed by atoms with Crippen LogP contribution >= 0.6 is 0 Å². The van der Waals surface area contributed by atoms with Crippen LogP contribution in [0.25, 0.3) is 11.0 Å². The molecule has 3 aromatic rings. The molecule has 2 amide bonds. The minimum absolute atomic E-state index is 0.149. The number of hydrogen-bond acceptors (Lipinski definition) is 4. The van der Waals surface area contributed by atoms with E-state index in [1.54, 1.807) is 31.1 Å². The normalized spacial score (nSPS) is 16.1. The van der Waals surface area contributed by atoms with Gasteiger partial charge in [-0.15, -0.1) is 0 Å². The maximum Gasteiger partial charge on any atom is 0.304 e. The van der Waals surface area contributed by atoms with Crippen molar-refractivity contribution in [2.75, 3.05) is 14.1 Å². The maximum absolute atomic E-state index is 13.0. The van der Waals surface area contributed by atoms with Crippen molar-refractivity contribution >= 4 is 28.8 Å². The van der Waals surface area contributed by atoms with E-state index in [4.69, 9.17) is 5.11 Å². The molecular weight excluding hydrogens is 396 g/mol. The number of carboxylic acids is 1. The highest BCUT2D eigenvalue weighted by Gasteiger charge is 2.30. The summed E-state index contributed by atoms with van der Waals surface area (Å²) < 4.78 is 0. The Morgan fingerprint density at radius 2 is 2.00 bits per heavy atom. The van der Waals surface area contributed by atoms with Gasteiger partial charge in [-0.2, -0.15) is 0 Å². The SMILES string of the molecule is CN(Cc1nc2ccccc2[nH]1)C(=O)c1ccc2c(c1)CN(C)C(=O)C(CC(=O)O)C2. The monoisotopic (exact) mass is 420 g/mol. The molecule has 1 atom stereocenters. The van der Waals surface area contributed by atoms with Gasteiger partial charge in [-0.3, -0.25) is 14.4 Å². The van der Waals surface area contributed by atoms with E-state index in [1.165, 1.54) is 4.90 Å². The lowest BCUT2D eigenvalue weighted by molar-refractivity contribution is -0.143. The van der Waals surface area contributed by atoms with Gasteiger partial charge in [0.25, 0.3) is 5.91 Å². The Labute approximate surface area is 179 Å². The molecule has 0 aliphatic carbocycles. The van der Waals surface area contributed by atoms with Gasteiger partial charge in [-0.1, -0.05) is 18.2 Å². The Hall–Kier alpha value is -3.68. The molecule has 1 aliphatic rings. The molecule has 8 nitrogen and oxygen atoms in total. The van der Waals surface area contributed by atoms with Crippen LogP contribution in [0.3, 0.4) is 0 Å². The number of aromatic nitrogens is 2. The van der Waals surface area contributed by atoms with Crippen molar-refractivity contribution in [3.05, 3.63) is 65.0 Å². The lowest BCUT2D eigenvalue weighted by Crippen LogP contribution is -2.32. The fourth-order valence-electron chi connectivity index (χ4n) is 4.07. The molecule has 160 valence electrons. The molecule has 0 spiro atoms. The maximum atomic E-state index is 13.0. The zero-order valence-corrected chi connectivity index (χ0v) is 17.5. The first-order valence-corrected chi connectivity index (χ1v) is 10.1. The number of H-pyrrole nitrogens is 1. The average molecular weight is 420 g/mol. The van der Waals surface area contributed by atoms with Crippen LogP contribution in [0.1, 0.15) is 33.7 Å². The van der Waals surface area contributed by atoms with E-state index < -0.39 is 11.9 Å². The van der Waals surface area contributed by atoms with Crippen LogP contribution in [0, 0.1) is 5.92 Å². The van der Waals surface area contributed by atoms with E-state index in [9.17, 15) is 14.4 Å². The van der Waals surface area contributed by atoms with Crippen LogP contribution in [0.5, 0.6) is 0 Å². The minimum Gasteiger partial charge on any atom is -0.481 e. The van der Waals surface area contributed by atoms with Gasteiger partial charge in [0.15, 0.2) is 0 Å². The highest BCUT2D eigenvalue weighted by atomic mass is 16.4. The van der Waals surface area contributed by atoms with Crippen molar-refractivity contribution in [1.82, 2.24) is 19.8 Å². The molecule has 0 saturated carbocycles. The predicted molar refractivity (Wildman–Crippen MR) is 114 cm³/mol. The number of benzene rings is 2. The lowest BCUT2D eigenvalue weighted by Gasteiger charge is -2.19. The van der Waals surface area contributed by atoms with Crippen molar-refractivity contribution in [2.24, 2.45) is 5.92 Å². The van der Waals surface area contributed by atoms with Gasteiger partial charge in [0.1, 0.15) is 5.82 Å². The third kappa shape index (κ3) is 4.28. The van der Waals surface area contributed by atoms with E-state index in [0.717, 1.165) is 22.2 Å². The summed E-state index contributed by atoms with van der Waals surface area (Å²) in [6, 6.07) is 13.1. The summed E-state index contributed by atoms with van der Waals surface area (Å²) in [5.74, 6) is -1.22. The summed E-state index contributed by atoms with van der Waals surface area (Å²) in [7, 11) is 3.38. The van der Waals surface area contributed by atoms with Crippen molar-refractivity contribution in [1.29, 1.82) is 0 Å². The summed E-state index contributed by atoms with van der Waals surface area (Å²) in [4.78, 5) is 47.6. The fraction of sp³-hybridized carbons (Fsp3) is 0.304. The van der Waals surface area contributed by atoms with Crippen molar-refractivity contribution in [2.45, 2.75) is 25.9 Å². The van der Waals surface area contributed by atoms with Gasteiger partial charge in [0, 0.05) is 26.2 Å². The predicted octanol–water partition coefficient (Wildman–Crippen LogP) is 2.44. The fourth-order valence-corrected chi connectivity index (χ4v) is 4.07. The number of nitrogens with one attached hydrogen (secondary N) is 1. The van der Waals surface area contributed by atoms with E-state index in [2.05, 4.69) is 9.97 Å². The number of aromatic amines is 1. The first kappa shape index (κ1) is 20.6. The molecule has 31 heavy (non-hydrogen) atoms. The van der Waals surface area contributed by atoms with Gasteiger partial charge < -0.3 is 19.9 Å². The first-order chi connectivity index (χ1) is 14.8. The third-order valence-electron chi connectivity index (χ3n) is 5.65. The van der Waals surface area contributed by atoms with Gasteiger partial charge >= 0.3 is 5.97 Å². The van der Waals surface area contributed by atoms with Crippen LogP contribution in [0.2, 0.25) is 0 Å². The van der Waals surface area contributed by atoms with Crippen LogP contribution in [0.15, 0.2) is 42.5 Å². The quantitative estimate of drug-likeness (QED) is 0.659. The van der Waals surface area contributed by atoms with Gasteiger partial charge in [-0.25, -0.2) is 4.98 Å². The van der Waals surface area contributed by atoms with Crippen LogP contribution < -0.4 is 0 Å². The summed E-state index contributed by atoms with van der Waals surface area (Å²) in [5, 5.41) is 9.13. The van der Waals surface area contributed by atoms with E-state index >= 15 is 0 Å². The van der Waals surface area contributed by atoms with E-state index in [1.807, 2.05) is 30.3 Å². The molecule has 0 radical (unpaired) electrons. The lowest BCUT2D eigenvalue weighted by atomic mass is 9.93. The van der Waals surface area contributed by atoms with Crippen molar-refractivity contribution in [3.8, 4) is 0 Å². The number of carbonyl (C=O) groups excluding carboxylic acids is 2. The molecule has 0 bridgehead atoms. The summed E-state index contributed by atoms with van der Waals surface area (Å²) in [6.45, 7) is 0.683. The number of aliphatic carboxylic acids is 1. The number of imidazole rings is 1. The van der Waals surface area contributed by atoms with Crippen molar-refractivity contribution < 1.29 is 19.5 Å². The largest absolute Gasteiger partial charge is 0.481 e. The Bertz CT molecular complexity index is 1140. The molecule has 8 heteroatoms. The molecule has 1 aromatic heterocycles. The molecule has 2 aromatic carbocycles. The second-order valence-electron chi connectivity index (χ2n) is 8.04. The van der Waals surface area contributed by atoms with Gasteiger partial charge in [-0.05, 0) is 41.8 Å². The Kier molecular flexibility index (Phi) is 5.46. The molecule has 0 saturated heterocycles. The van der Waals surface area contributed by atoms with Gasteiger partial charge in [0.05, 0.1) is 29.9 Å². The highest BCUT2D eigenvalue weighted by molar-refractivity contribution is 5.94. The zero-order chi connectivity index (χ0) is 22.1. The van der Waals surface area contributed by atoms with E-state index in [-0.39, 0.29) is 18.2 Å². The minimum atomic E-state index is -0.991. The van der Waals surface area contributed by atoms with Crippen LogP contribution in [-0.4, -0.2) is 56.8 Å². The third-order valence-corrected chi connectivity index (χ3v) is 5.65. The molecule has 1 aliphatic heterocycles. The molecule has 1 unspecified atom stereocenters. The number of nitrogens with zero attached hydrogens (tertiary/aromatic N) is 3. The number of amides is 2. The van der Waals surface area contributed by atoms with E-state index in [0.29, 0.717) is 30.9 Å². The molecule has 2 N–H and O–H groups in total. The topological polar surface area (TPSA) is 107 Å². The second-order valence-corrected chi connectivity index (χ2v) is 8.04. The summed E-state index contributed by atoms with van der Waals surface area (Å²) >= 11 is 0. The summed E-state index contributed by atoms with van der Waals surface area (Å²) in [6.07, 6.45) is 0.150. The van der Waals surface area contributed by atoms with Crippen molar-refractivity contribution in [3.63, 3.8) is 0 Å². The number of carbonyl (C=O) groups is 3. The number of rotatable bonds is 5. The van der Waals surface area contributed by atoms with Gasteiger partial charge in [0.2, 0.25) is 5.91 Å². The number of fused-ring (bicyclic) bond motifs is 2. The second kappa shape index (κ2) is 8.22. The summed E-state index contributed by atoms with van der Waals surface area (Å²) in [5.41, 5.74) is 4.07. The first-order valence-electron chi connectivity index (χ1n) is 10.1. The van der Waals surface area contributed by atoms with Crippen LogP contribution in [0.4, 0.5) is 0 Å². The molecule has 2 heterocycles. The number of carboxylic acid groups (broad SMARTS) is 1. The number of para-hydroxylation sites is 2. The Morgan fingerprint density at radius 3 is 2.74 bits per heavy atom.